The standard InChI is InChI=1S/C15H16ClFN4O/c1-20-9-18-7-11(20)8-19-14-4-5-21(15(14)22)10-2-3-12(16)13(17)6-10/h2-3,6-7,9,14,19H,4-5,8H2,1H3/t14-/m1/s1. The molecule has 5 nitrogen and oxygen atoms in total. The number of amides is 1. The minimum absolute atomic E-state index is 0.0520. The van der Waals surface area contributed by atoms with Gasteiger partial charge in [0.1, 0.15) is 5.82 Å². The fourth-order valence-corrected chi connectivity index (χ4v) is 2.68. The van der Waals surface area contributed by atoms with Gasteiger partial charge in [0, 0.05) is 32.0 Å². The molecule has 2 heterocycles. The summed E-state index contributed by atoms with van der Waals surface area (Å²) in [6, 6.07) is 4.15. The molecule has 1 amide bonds. The summed E-state index contributed by atoms with van der Waals surface area (Å²) in [5.41, 5.74) is 1.54. The van der Waals surface area contributed by atoms with E-state index in [1.807, 2.05) is 11.6 Å². The number of rotatable bonds is 4. The van der Waals surface area contributed by atoms with Crippen LogP contribution < -0.4 is 10.2 Å². The Morgan fingerprint density at radius 1 is 1.50 bits per heavy atom. The first-order valence-electron chi connectivity index (χ1n) is 7.01. The van der Waals surface area contributed by atoms with Crippen molar-refractivity contribution in [3.8, 4) is 0 Å². The maximum Gasteiger partial charge on any atom is 0.244 e. The fraction of sp³-hybridized carbons (Fsp3) is 0.333. The van der Waals surface area contributed by atoms with Gasteiger partial charge in [0.15, 0.2) is 0 Å². The lowest BCUT2D eigenvalue weighted by Gasteiger charge is -2.17. The number of benzene rings is 1. The van der Waals surface area contributed by atoms with Gasteiger partial charge in [0.05, 0.1) is 23.1 Å². The number of carbonyl (C=O) groups is 1. The molecule has 2 aromatic rings. The molecule has 0 saturated carbocycles. The Labute approximate surface area is 132 Å². The number of hydrogen-bond donors (Lipinski definition) is 1. The first kappa shape index (κ1) is 15.0. The molecule has 0 aliphatic carbocycles. The van der Waals surface area contributed by atoms with E-state index in [0.717, 1.165) is 5.69 Å². The molecule has 0 unspecified atom stereocenters. The topological polar surface area (TPSA) is 50.2 Å². The predicted octanol–water partition coefficient (Wildman–Crippen LogP) is 2.11. The molecule has 1 N–H and O–H groups in total. The molecule has 1 aliphatic rings. The van der Waals surface area contributed by atoms with Crippen LogP contribution in [0, 0.1) is 5.82 Å². The van der Waals surface area contributed by atoms with E-state index in [1.54, 1.807) is 23.5 Å². The van der Waals surface area contributed by atoms with Crippen molar-refractivity contribution in [3.63, 3.8) is 0 Å². The first-order valence-corrected chi connectivity index (χ1v) is 7.39. The highest BCUT2D eigenvalue weighted by atomic mass is 35.5. The van der Waals surface area contributed by atoms with Gasteiger partial charge in [-0.05, 0) is 24.6 Å². The molecule has 1 aliphatic heterocycles. The quantitative estimate of drug-likeness (QED) is 0.938. The lowest BCUT2D eigenvalue weighted by atomic mass is 10.2. The number of imidazole rings is 1. The number of aryl methyl sites for hydroxylation is 1. The van der Waals surface area contributed by atoms with E-state index < -0.39 is 5.82 Å². The van der Waals surface area contributed by atoms with Crippen molar-refractivity contribution in [1.29, 1.82) is 0 Å². The number of carbonyl (C=O) groups excluding carboxylic acids is 1. The molecule has 0 spiro atoms. The average Bonchev–Trinajstić information content (AvgIpc) is 3.06. The second kappa shape index (κ2) is 6.06. The maximum absolute atomic E-state index is 13.5. The van der Waals surface area contributed by atoms with E-state index in [0.29, 0.717) is 25.2 Å². The zero-order valence-electron chi connectivity index (χ0n) is 12.1. The van der Waals surface area contributed by atoms with Gasteiger partial charge in [-0.2, -0.15) is 0 Å². The third-order valence-corrected chi connectivity index (χ3v) is 4.17. The van der Waals surface area contributed by atoms with Crippen LogP contribution in [-0.2, 0) is 18.4 Å². The fourth-order valence-electron chi connectivity index (χ4n) is 2.56. The summed E-state index contributed by atoms with van der Waals surface area (Å²) < 4.78 is 15.4. The summed E-state index contributed by atoms with van der Waals surface area (Å²) in [7, 11) is 1.91. The molecule has 7 heteroatoms. The maximum atomic E-state index is 13.5. The van der Waals surface area contributed by atoms with Crippen molar-refractivity contribution in [1.82, 2.24) is 14.9 Å². The van der Waals surface area contributed by atoms with Crippen LogP contribution in [0.4, 0.5) is 10.1 Å². The zero-order valence-corrected chi connectivity index (χ0v) is 12.8. The Morgan fingerprint density at radius 2 is 2.32 bits per heavy atom. The number of hydrogen-bond acceptors (Lipinski definition) is 3. The van der Waals surface area contributed by atoms with Gasteiger partial charge >= 0.3 is 0 Å². The Kier molecular flexibility index (Phi) is 4.13. The van der Waals surface area contributed by atoms with Crippen LogP contribution in [0.1, 0.15) is 12.1 Å². The van der Waals surface area contributed by atoms with Crippen LogP contribution in [0.5, 0.6) is 0 Å². The van der Waals surface area contributed by atoms with Crippen LogP contribution in [0.2, 0.25) is 5.02 Å². The highest BCUT2D eigenvalue weighted by Gasteiger charge is 2.32. The first-order chi connectivity index (χ1) is 10.6. The van der Waals surface area contributed by atoms with Crippen LogP contribution >= 0.6 is 11.6 Å². The SMILES string of the molecule is Cn1cncc1CN[C@@H]1CCN(c2ccc(Cl)c(F)c2)C1=O. The van der Waals surface area contributed by atoms with Crippen molar-refractivity contribution < 1.29 is 9.18 Å². The second-order valence-electron chi connectivity index (χ2n) is 5.31. The Bertz CT molecular complexity index is 703. The van der Waals surface area contributed by atoms with Crippen LogP contribution in [0.15, 0.2) is 30.7 Å². The second-order valence-corrected chi connectivity index (χ2v) is 5.71. The third-order valence-electron chi connectivity index (χ3n) is 3.87. The third kappa shape index (κ3) is 2.84. The Balaban J connectivity index is 1.67. The predicted molar refractivity (Wildman–Crippen MR) is 82.2 cm³/mol. The average molecular weight is 323 g/mol. The molecule has 0 bridgehead atoms. The van der Waals surface area contributed by atoms with E-state index in [4.69, 9.17) is 11.6 Å². The van der Waals surface area contributed by atoms with Crippen molar-refractivity contribution >= 4 is 23.2 Å². The largest absolute Gasteiger partial charge is 0.337 e. The van der Waals surface area contributed by atoms with E-state index >= 15 is 0 Å². The minimum Gasteiger partial charge on any atom is -0.337 e. The summed E-state index contributed by atoms with van der Waals surface area (Å²) in [5.74, 6) is -0.567. The Morgan fingerprint density at radius 3 is 3.00 bits per heavy atom. The molecular weight excluding hydrogens is 307 g/mol. The minimum atomic E-state index is -0.515. The van der Waals surface area contributed by atoms with Crippen molar-refractivity contribution in [3.05, 3.63) is 47.3 Å². The Hall–Kier alpha value is -1.92. The highest BCUT2D eigenvalue weighted by molar-refractivity contribution is 6.30. The monoisotopic (exact) mass is 322 g/mol. The van der Waals surface area contributed by atoms with E-state index in [-0.39, 0.29) is 17.0 Å². The van der Waals surface area contributed by atoms with E-state index in [1.165, 1.54) is 12.1 Å². The smallest absolute Gasteiger partial charge is 0.244 e. The number of nitrogens with one attached hydrogen (secondary N) is 1. The van der Waals surface area contributed by atoms with Crippen molar-refractivity contribution in [2.75, 3.05) is 11.4 Å². The molecule has 1 saturated heterocycles. The van der Waals surface area contributed by atoms with Gasteiger partial charge in [-0.3, -0.25) is 4.79 Å². The molecule has 1 atom stereocenters. The lowest BCUT2D eigenvalue weighted by molar-refractivity contribution is -0.118. The van der Waals surface area contributed by atoms with Gasteiger partial charge in [0.2, 0.25) is 5.91 Å². The van der Waals surface area contributed by atoms with E-state index in [9.17, 15) is 9.18 Å². The molecule has 0 radical (unpaired) electrons. The van der Waals surface area contributed by atoms with Crippen molar-refractivity contribution in [2.45, 2.75) is 19.0 Å². The molecule has 1 fully saturated rings. The summed E-state index contributed by atoms with van der Waals surface area (Å²) in [6.45, 7) is 1.12. The van der Waals surface area contributed by atoms with Gasteiger partial charge in [0.25, 0.3) is 0 Å². The van der Waals surface area contributed by atoms with Gasteiger partial charge in [-0.25, -0.2) is 9.37 Å². The summed E-state index contributed by atoms with van der Waals surface area (Å²) >= 11 is 5.67. The molecular formula is C15H16ClFN4O. The molecule has 3 rings (SSSR count). The molecule has 1 aromatic heterocycles. The summed E-state index contributed by atoms with van der Waals surface area (Å²) in [6.07, 6.45) is 4.16. The van der Waals surface area contributed by atoms with Crippen LogP contribution in [0.3, 0.4) is 0 Å². The zero-order chi connectivity index (χ0) is 15.7. The van der Waals surface area contributed by atoms with Crippen LogP contribution in [0.25, 0.3) is 0 Å². The molecule has 1 aromatic carbocycles. The normalized spacial score (nSPS) is 18.2. The lowest BCUT2D eigenvalue weighted by Crippen LogP contribution is -2.38. The van der Waals surface area contributed by atoms with Gasteiger partial charge in [-0.1, -0.05) is 11.6 Å². The number of nitrogens with zero attached hydrogens (tertiary/aromatic N) is 3. The van der Waals surface area contributed by atoms with E-state index in [2.05, 4.69) is 10.3 Å². The van der Waals surface area contributed by atoms with Gasteiger partial charge < -0.3 is 14.8 Å². The molecule has 116 valence electrons. The summed E-state index contributed by atoms with van der Waals surface area (Å²) in [5, 5.41) is 3.29. The summed E-state index contributed by atoms with van der Waals surface area (Å²) in [4.78, 5) is 18.1. The highest BCUT2D eigenvalue weighted by Crippen LogP contribution is 2.25. The van der Waals surface area contributed by atoms with Gasteiger partial charge in [-0.15, -0.1) is 0 Å². The van der Waals surface area contributed by atoms with Crippen molar-refractivity contribution in [2.24, 2.45) is 7.05 Å². The number of aromatic nitrogens is 2. The molecule has 22 heavy (non-hydrogen) atoms. The number of anilines is 1. The van der Waals surface area contributed by atoms with Crippen LogP contribution in [-0.4, -0.2) is 28.0 Å². The number of halogens is 2.